The lowest BCUT2D eigenvalue weighted by Gasteiger charge is -2.31. The van der Waals surface area contributed by atoms with Gasteiger partial charge in [-0.1, -0.05) is 6.07 Å². The van der Waals surface area contributed by atoms with E-state index in [-0.39, 0.29) is 22.9 Å². The summed E-state index contributed by atoms with van der Waals surface area (Å²) in [5.41, 5.74) is 7.64. The minimum absolute atomic E-state index is 0.197. The lowest BCUT2D eigenvalue weighted by molar-refractivity contribution is 0.0930. The number of thiazole rings is 1. The number of imidazole rings is 1. The zero-order valence-corrected chi connectivity index (χ0v) is 22.3. The molecule has 200 valence electrons. The summed E-state index contributed by atoms with van der Waals surface area (Å²) < 4.78 is 1.90. The molecule has 0 radical (unpaired) electrons. The Morgan fingerprint density at radius 2 is 2.10 bits per heavy atom. The van der Waals surface area contributed by atoms with E-state index >= 15 is 0 Å². The molecule has 0 aromatic carbocycles. The Bertz CT molecular complexity index is 1420. The van der Waals surface area contributed by atoms with E-state index in [0.29, 0.717) is 31.4 Å². The Labute approximate surface area is 230 Å². The predicted octanol–water partition coefficient (Wildman–Crippen LogP) is 3.00. The summed E-state index contributed by atoms with van der Waals surface area (Å²) in [6, 6.07) is 9.39. The fraction of sp³-hybridized carbons (Fsp3) is 0.333. The Balaban J connectivity index is 1.10. The summed E-state index contributed by atoms with van der Waals surface area (Å²) in [6.07, 6.45) is 11.0. The topological polar surface area (TPSA) is 151 Å². The summed E-state index contributed by atoms with van der Waals surface area (Å²) in [5, 5.41) is 16.6. The van der Waals surface area contributed by atoms with Crippen LogP contribution in [0.25, 0.3) is 10.7 Å². The minimum Gasteiger partial charge on any atom is -0.397 e. The summed E-state index contributed by atoms with van der Waals surface area (Å²) in [5.74, 6) is 0.405. The molecule has 5 heterocycles. The number of nitriles is 1. The predicted molar refractivity (Wildman–Crippen MR) is 150 cm³/mol. The second-order valence-corrected chi connectivity index (χ2v) is 10.6. The number of nitrogens with two attached hydrogens (primary N) is 1. The summed E-state index contributed by atoms with van der Waals surface area (Å²) >= 11 is 1.68. The summed E-state index contributed by atoms with van der Waals surface area (Å²) in [4.78, 5) is 33.9. The SMILES string of the molecule is N#Cc1c(N)cc(C(=O)NCC2CCN(Cc3cnc(-c4ccccn4)s3)CC2)nc1NCCn1ccnc1. The van der Waals surface area contributed by atoms with Crippen LogP contribution in [0.4, 0.5) is 11.5 Å². The first-order valence-electron chi connectivity index (χ1n) is 12.9. The molecular formula is C27H30N10OS. The highest BCUT2D eigenvalue weighted by molar-refractivity contribution is 7.14. The van der Waals surface area contributed by atoms with E-state index in [0.717, 1.165) is 43.2 Å². The van der Waals surface area contributed by atoms with Crippen LogP contribution in [0, 0.1) is 17.2 Å². The van der Waals surface area contributed by atoms with Gasteiger partial charge in [-0.25, -0.2) is 15.0 Å². The Hall–Kier alpha value is -4.34. The number of nitrogen functional groups attached to an aromatic ring is 1. The third-order valence-electron chi connectivity index (χ3n) is 6.69. The maximum atomic E-state index is 12.9. The van der Waals surface area contributed by atoms with Gasteiger partial charge in [-0.05, 0) is 50.0 Å². The Morgan fingerprint density at radius 1 is 1.23 bits per heavy atom. The number of amides is 1. The van der Waals surface area contributed by atoms with Crippen molar-refractivity contribution in [1.82, 2.24) is 34.7 Å². The first-order chi connectivity index (χ1) is 19.1. The molecule has 0 atom stereocenters. The zero-order valence-electron chi connectivity index (χ0n) is 21.5. The van der Waals surface area contributed by atoms with Gasteiger partial charge in [0.15, 0.2) is 0 Å². The highest BCUT2D eigenvalue weighted by Crippen LogP contribution is 2.26. The van der Waals surface area contributed by atoms with Crippen LogP contribution in [-0.4, -0.2) is 61.5 Å². The van der Waals surface area contributed by atoms with Crippen LogP contribution < -0.4 is 16.4 Å². The molecule has 4 aromatic heterocycles. The third kappa shape index (κ3) is 6.76. The first kappa shape index (κ1) is 26.3. The number of hydrogen-bond donors (Lipinski definition) is 3. The number of likely N-dealkylation sites (tertiary alicyclic amines) is 1. The van der Waals surface area contributed by atoms with Gasteiger partial charge in [0.25, 0.3) is 5.91 Å². The average molecular weight is 543 g/mol. The average Bonchev–Trinajstić information content (AvgIpc) is 3.65. The second kappa shape index (κ2) is 12.5. The number of anilines is 2. The number of rotatable bonds is 10. The van der Waals surface area contributed by atoms with E-state index in [9.17, 15) is 10.1 Å². The summed E-state index contributed by atoms with van der Waals surface area (Å²) in [6.45, 7) is 4.51. The van der Waals surface area contributed by atoms with Gasteiger partial charge in [0.05, 0.1) is 17.7 Å². The number of nitrogens with zero attached hydrogens (tertiary/aromatic N) is 7. The fourth-order valence-electron chi connectivity index (χ4n) is 4.53. The number of piperidine rings is 1. The first-order valence-corrected chi connectivity index (χ1v) is 13.7. The van der Waals surface area contributed by atoms with Crippen molar-refractivity contribution < 1.29 is 4.79 Å². The van der Waals surface area contributed by atoms with Crippen molar-refractivity contribution in [3.8, 4) is 16.8 Å². The van der Waals surface area contributed by atoms with Crippen LogP contribution in [-0.2, 0) is 13.1 Å². The van der Waals surface area contributed by atoms with Crippen molar-refractivity contribution in [3.63, 3.8) is 0 Å². The third-order valence-corrected chi connectivity index (χ3v) is 7.70. The monoisotopic (exact) mass is 542 g/mol. The number of aromatic nitrogens is 5. The number of pyridine rings is 2. The van der Waals surface area contributed by atoms with Gasteiger partial charge >= 0.3 is 0 Å². The van der Waals surface area contributed by atoms with Crippen molar-refractivity contribution in [2.24, 2.45) is 5.92 Å². The maximum absolute atomic E-state index is 12.9. The molecule has 0 unspecified atom stereocenters. The second-order valence-electron chi connectivity index (χ2n) is 9.44. The van der Waals surface area contributed by atoms with E-state index in [4.69, 9.17) is 5.73 Å². The molecule has 4 aromatic rings. The molecule has 0 aliphatic carbocycles. The standard InChI is InChI=1S/C27H30N10OS/c28-14-21-22(29)13-24(35-25(21)32-8-12-37-11-7-30-18-37)26(38)33-15-19-4-9-36(10-5-19)17-20-16-34-27(39-20)23-3-1-2-6-31-23/h1-3,6-7,11,13,16,18-19H,4-5,8-10,12,15,17H2,(H,33,38)(H3,29,32,35). The highest BCUT2D eigenvalue weighted by atomic mass is 32.1. The lowest BCUT2D eigenvalue weighted by Crippen LogP contribution is -2.38. The zero-order chi connectivity index (χ0) is 27.0. The van der Waals surface area contributed by atoms with Gasteiger partial charge in [0, 0.05) is 55.8 Å². The number of nitrogens with one attached hydrogen (secondary N) is 2. The molecular weight excluding hydrogens is 512 g/mol. The molecule has 1 saturated heterocycles. The van der Waals surface area contributed by atoms with E-state index in [1.807, 2.05) is 35.2 Å². The minimum atomic E-state index is -0.294. The number of carbonyl (C=O) groups is 1. The van der Waals surface area contributed by atoms with Crippen LogP contribution in [0.2, 0.25) is 0 Å². The molecule has 4 N–H and O–H groups in total. The van der Waals surface area contributed by atoms with Crippen LogP contribution in [0.3, 0.4) is 0 Å². The van der Waals surface area contributed by atoms with E-state index in [1.165, 1.54) is 10.9 Å². The highest BCUT2D eigenvalue weighted by Gasteiger charge is 2.22. The molecule has 1 aliphatic rings. The van der Waals surface area contributed by atoms with Crippen LogP contribution in [0.5, 0.6) is 0 Å². The van der Waals surface area contributed by atoms with Crippen molar-refractivity contribution in [2.45, 2.75) is 25.9 Å². The van der Waals surface area contributed by atoms with Gasteiger partial charge in [-0.15, -0.1) is 11.3 Å². The molecule has 0 spiro atoms. The molecule has 0 saturated carbocycles. The van der Waals surface area contributed by atoms with E-state index in [2.05, 4.69) is 41.5 Å². The van der Waals surface area contributed by atoms with Crippen LogP contribution in [0.1, 0.15) is 33.8 Å². The Kier molecular flexibility index (Phi) is 8.40. The van der Waals surface area contributed by atoms with Crippen molar-refractivity contribution in [3.05, 3.63) is 71.5 Å². The van der Waals surface area contributed by atoms with Gasteiger partial charge < -0.3 is 20.9 Å². The van der Waals surface area contributed by atoms with Crippen molar-refractivity contribution in [1.29, 1.82) is 5.26 Å². The lowest BCUT2D eigenvalue weighted by atomic mass is 9.96. The van der Waals surface area contributed by atoms with Crippen molar-refractivity contribution in [2.75, 3.05) is 37.2 Å². The smallest absolute Gasteiger partial charge is 0.270 e. The van der Waals surface area contributed by atoms with Gasteiger partial charge in [0.2, 0.25) is 0 Å². The van der Waals surface area contributed by atoms with Gasteiger partial charge in [0.1, 0.15) is 28.2 Å². The molecule has 1 fully saturated rings. The molecule has 11 nitrogen and oxygen atoms in total. The molecule has 1 amide bonds. The van der Waals surface area contributed by atoms with Gasteiger partial charge in [-0.2, -0.15) is 5.26 Å². The molecule has 39 heavy (non-hydrogen) atoms. The maximum Gasteiger partial charge on any atom is 0.270 e. The molecule has 12 heteroatoms. The largest absolute Gasteiger partial charge is 0.397 e. The van der Waals surface area contributed by atoms with Crippen molar-refractivity contribution >= 4 is 28.7 Å². The number of hydrogen-bond acceptors (Lipinski definition) is 10. The fourth-order valence-corrected chi connectivity index (χ4v) is 5.47. The number of carbonyl (C=O) groups excluding carboxylic acids is 1. The molecule has 5 rings (SSSR count). The quantitative estimate of drug-likeness (QED) is 0.275. The summed E-state index contributed by atoms with van der Waals surface area (Å²) in [7, 11) is 0. The molecule has 1 aliphatic heterocycles. The van der Waals surface area contributed by atoms with Gasteiger partial charge in [-0.3, -0.25) is 14.7 Å². The Morgan fingerprint density at radius 3 is 2.85 bits per heavy atom. The van der Waals surface area contributed by atoms with E-state index in [1.54, 1.807) is 30.1 Å². The van der Waals surface area contributed by atoms with Crippen LogP contribution in [0.15, 0.2) is 55.4 Å². The van der Waals surface area contributed by atoms with E-state index < -0.39 is 0 Å². The molecule has 0 bridgehead atoms. The van der Waals surface area contributed by atoms with Crippen LogP contribution >= 0.6 is 11.3 Å². The normalized spacial score (nSPS) is 14.1.